The van der Waals surface area contributed by atoms with Crippen molar-refractivity contribution in [3.8, 4) is 0 Å². The topological polar surface area (TPSA) is 41.6 Å². The first-order chi connectivity index (χ1) is 8.81. The van der Waals surface area contributed by atoms with E-state index >= 15 is 0 Å². The van der Waals surface area contributed by atoms with Crippen LogP contribution < -0.4 is 0 Å². The molecule has 3 rings (SSSR count). The highest BCUT2D eigenvalue weighted by molar-refractivity contribution is 9.10. The molecular weight excluding hydrogens is 290 g/mol. The van der Waals surface area contributed by atoms with Crippen LogP contribution >= 0.6 is 15.9 Å². The third-order valence-electron chi connectivity index (χ3n) is 2.60. The van der Waals surface area contributed by atoms with Crippen LogP contribution in [0.15, 0.2) is 47.2 Å². The molecule has 0 aliphatic rings. The van der Waals surface area contributed by atoms with Crippen molar-refractivity contribution in [1.82, 2.24) is 15.0 Å². The average molecular weight is 300 g/mol. The molecule has 88 valence electrons. The lowest BCUT2D eigenvalue weighted by Gasteiger charge is -1.97. The molecule has 3 nitrogen and oxygen atoms in total. The van der Waals surface area contributed by atoms with Crippen molar-refractivity contribution in [1.29, 1.82) is 0 Å². The summed E-state index contributed by atoms with van der Waals surface area (Å²) in [5, 5.41) is 1.15. The Bertz CT molecular complexity index is 716. The fourth-order valence-corrected chi connectivity index (χ4v) is 2.04. The van der Waals surface area contributed by atoms with Crippen molar-refractivity contribution in [2.75, 3.05) is 0 Å². The van der Waals surface area contributed by atoms with Gasteiger partial charge in [0.05, 0.1) is 11.2 Å². The summed E-state index contributed by atoms with van der Waals surface area (Å²) in [5.41, 5.74) is 1.92. The number of halogens is 1. The molecule has 18 heavy (non-hydrogen) atoms. The van der Waals surface area contributed by atoms with Gasteiger partial charge in [-0.3, -0.25) is 0 Å². The first-order valence-electron chi connectivity index (χ1n) is 5.56. The molecular formula is C14H10BrN3. The number of pyridine rings is 1. The number of hydrogen-bond donors (Lipinski definition) is 1. The van der Waals surface area contributed by atoms with Crippen LogP contribution in [-0.2, 0) is 0 Å². The first kappa shape index (κ1) is 11.2. The molecule has 2 aromatic heterocycles. The minimum atomic E-state index is 0.800. The molecule has 0 bridgehead atoms. The smallest absolute Gasteiger partial charge is 0.131 e. The van der Waals surface area contributed by atoms with Crippen molar-refractivity contribution in [2.45, 2.75) is 0 Å². The maximum absolute atomic E-state index is 4.56. The fraction of sp³-hybridized carbons (Fsp3) is 0. The van der Waals surface area contributed by atoms with Crippen LogP contribution in [0, 0.1) is 0 Å². The lowest BCUT2D eigenvalue weighted by molar-refractivity contribution is 1.25. The second kappa shape index (κ2) is 4.74. The quantitative estimate of drug-likeness (QED) is 0.780. The highest BCUT2D eigenvalue weighted by Gasteiger charge is 1.96. The van der Waals surface area contributed by atoms with Gasteiger partial charge in [0.15, 0.2) is 0 Å². The minimum absolute atomic E-state index is 0.800. The van der Waals surface area contributed by atoms with Gasteiger partial charge in [-0.05, 0) is 40.2 Å². The molecule has 1 aromatic carbocycles. The SMILES string of the molecule is Brc1c[nH]c(/C=C/c2ccc3ccccc3n2)n1. The summed E-state index contributed by atoms with van der Waals surface area (Å²) in [6, 6.07) is 12.1. The van der Waals surface area contributed by atoms with Crippen molar-refractivity contribution >= 4 is 39.0 Å². The Morgan fingerprint density at radius 1 is 1.00 bits per heavy atom. The van der Waals surface area contributed by atoms with Crippen LogP contribution in [0.2, 0.25) is 0 Å². The molecule has 0 radical (unpaired) electrons. The highest BCUT2D eigenvalue weighted by atomic mass is 79.9. The number of aromatic amines is 1. The summed E-state index contributed by atoms with van der Waals surface area (Å²) in [6.45, 7) is 0. The summed E-state index contributed by atoms with van der Waals surface area (Å²) in [7, 11) is 0. The summed E-state index contributed by atoms with van der Waals surface area (Å²) in [6.07, 6.45) is 5.65. The van der Waals surface area contributed by atoms with Gasteiger partial charge < -0.3 is 4.98 Å². The van der Waals surface area contributed by atoms with Gasteiger partial charge in [-0.25, -0.2) is 9.97 Å². The number of para-hydroxylation sites is 1. The van der Waals surface area contributed by atoms with Crippen LogP contribution in [0.25, 0.3) is 23.1 Å². The van der Waals surface area contributed by atoms with E-state index in [0.29, 0.717) is 0 Å². The molecule has 0 fully saturated rings. The Morgan fingerprint density at radius 2 is 1.89 bits per heavy atom. The summed E-state index contributed by atoms with van der Waals surface area (Å²) in [5.74, 6) is 0.803. The Labute approximate surface area is 113 Å². The first-order valence-corrected chi connectivity index (χ1v) is 6.35. The predicted molar refractivity (Wildman–Crippen MR) is 77.0 cm³/mol. The van der Waals surface area contributed by atoms with Crippen molar-refractivity contribution in [3.05, 3.63) is 58.7 Å². The zero-order valence-corrected chi connectivity index (χ0v) is 11.1. The number of imidazole rings is 1. The van der Waals surface area contributed by atoms with Gasteiger partial charge in [-0.15, -0.1) is 0 Å². The van der Waals surface area contributed by atoms with Gasteiger partial charge >= 0.3 is 0 Å². The van der Waals surface area contributed by atoms with E-state index in [0.717, 1.165) is 27.0 Å². The van der Waals surface area contributed by atoms with Gasteiger partial charge in [0, 0.05) is 11.6 Å². The second-order valence-corrected chi connectivity index (χ2v) is 4.68. The third kappa shape index (κ3) is 2.33. The second-order valence-electron chi connectivity index (χ2n) is 3.87. The number of benzene rings is 1. The molecule has 0 amide bonds. The van der Waals surface area contributed by atoms with E-state index in [1.165, 1.54) is 0 Å². The maximum atomic E-state index is 4.56. The number of hydrogen-bond acceptors (Lipinski definition) is 2. The Balaban J connectivity index is 1.93. The maximum Gasteiger partial charge on any atom is 0.131 e. The van der Waals surface area contributed by atoms with E-state index < -0.39 is 0 Å². The average Bonchev–Trinajstić information content (AvgIpc) is 2.82. The van der Waals surface area contributed by atoms with Crippen LogP contribution in [0.5, 0.6) is 0 Å². The Hall–Kier alpha value is -1.94. The molecule has 2 heterocycles. The van der Waals surface area contributed by atoms with Crippen molar-refractivity contribution < 1.29 is 0 Å². The van der Waals surface area contributed by atoms with Crippen molar-refractivity contribution in [2.24, 2.45) is 0 Å². The molecule has 0 unspecified atom stereocenters. The van der Waals surface area contributed by atoms with E-state index in [2.05, 4.69) is 43.0 Å². The fourth-order valence-electron chi connectivity index (χ4n) is 1.74. The summed E-state index contributed by atoms with van der Waals surface area (Å²) < 4.78 is 0.800. The number of aromatic nitrogens is 3. The monoisotopic (exact) mass is 299 g/mol. The van der Waals surface area contributed by atoms with Gasteiger partial charge in [-0.1, -0.05) is 24.3 Å². The number of nitrogens with one attached hydrogen (secondary N) is 1. The zero-order valence-electron chi connectivity index (χ0n) is 9.47. The van der Waals surface area contributed by atoms with Crippen LogP contribution in [-0.4, -0.2) is 15.0 Å². The molecule has 0 aliphatic carbocycles. The van der Waals surface area contributed by atoms with E-state index in [1.54, 1.807) is 6.20 Å². The Kier molecular flexibility index (Phi) is 2.94. The molecule has 0 spiro atoms. The minimum Gasteiger partial charge on any atom is -0.344 e. The standard InChI is InChI=1S/C14H10BrN3/c15-13-9-16-14(18-13)8-7-11-6-5-10-3-1-2-4-12(10)17-11/h1-9H,(H,16,18)/b8-7+. The molecule has 0 atom stereocenters. The molecule has 4 heteroatoms. The molecule has 1 N–H and O–H groups in total. The van der Waals surface area contributed by atoms with Gasteiger partial charge in [0.25, 0.3) is 0 Å². The van der Waals surface area contributed by atoms with Crippen LogP contribution in [0.4, 0.5) is 0 Å². The Morgan fingerprint density at radius 3 is 2.72 bits per heavy atom. The van der Waals surface area contributed by atoms with Crippen molar-refractivity contribution in [3.63, 3.8) is 0 Å². The van der Waals surface area contributed by atoms with Gasteiger partial charge in [-0.2, -0.15) is 0 Å². The lowest BCUT2D eigenvalue weighted by atomic mass is 10.2. The normalized spacial score (nSPS) is 11.4. The number of H-pyrrole nitrogens is 1. The predicted octanol–water partition coefficient (Wildman–Crippen LogP) is 3.89. The van der Waals surface area contributed by atoms with Crippen LogP contribution in [0.1, 0.15) is 11.5 Å². The molecule has 0 aliphatic heterocycles. The molecule has 0 saturated heterocycles. The zero-order chi connectivity index (χ0) is 12.4. The number of rotatable bonds is 2. The van der Waals surface area contributed by atoms with Gasteiger partial charge in [0.2, 0.25) is 0 Å². The van der Waals surface area contributed by atoms with E-state index in [1.807, 2.05) is 36.4 Å². The van der Waals surface area contributed by atoms with E-state index in [-0.39, 0.29) is 0 Å². The highest BCUT2D eigenvalue weighted by Crippen LogP contribution is 2.13. The largest absolute Gasteiger partial charge is 0.344 e. The summed E-state index contributed by atoms with van der Waals surface area (Å²) >= 11 is 3.30. The van der Waals surface area contributed by atoms with Crippen LogP contribution in [0.3, 0.4) is 0 Å². The van der Waals surface area contributed by atoms with E-state index in [4.69, 9.17) is 0 Å². The number of nitrogens with zero attached hydrogens (tertiary/aromatic N) is 2. The lowest BCUT2D eigenvalue weighted by Crippen LogP contribution is -1.82. The van der Waals surface area contributed by atoms with Gasteiger partial charge in [0.1, 0.15) is 10.4 Å². The third-order valence-corrected chi connectivity index (χ3v) is 3.00. The number of fused-ring (bicyclic) bond motifs is 1. The molecule has 0 saturated carbocycles. The molecule has 3 aromatic rings. The van der Waals surface area contributed by atoms with E-state index in [9.17, 15) is 0 Å². The summed E-state index contributed by atoms with van der Waals surface area (Å²) in [4.78, 5) is 11.8.